The Morgan fingerprint density at radius 2 is 1.74 bits per heavy atom. The van der Waals surface area contributed by atoms with Gasteiger partial charge in [0, 0.05) is 10.0 Å². The molecule has 0 aliphatic carbocycles. The van der Waals surface area contributed by atoms with Crippen molar-refractivity contribution in [1.29, 1.82) is 0 Å². The van der Waals surface area contributed by atoms with E-state index in [1.807, 2.05) is 38.1 Å². The molecule has 0 fully saturated rings. The summed E-state index contributed by atoms with van der Waals surface area (Å²) in [5, 5.41) is 0. The van der Waals surface area contributed by atoms with Gasteiger partial charge in [-0.05, 0) is 49.2 Å². The van der Waals surface area contributed by atoms with Gasteiger partial charge in [-0.3, -0.25) is 4.79 Å². The lowest BCUT2D eigenvalue weighted by Gasteiger charge is -2.11. The number of carbonyl (C=O) groups is 1. The number of ketones is 1. The summed E-state index contributed by atoms with van der Waals surface area (Å²) in [6.45, 7) is 3.91. The van der Waals surface area contributed by atoms with Crippen LogP contribution in [0, 0.1) is 13.8 Å². The van der Waals surface area contributed by atoms with Crippen molar-refractivity contribution in [3.63, 3.8) is 0 Å². The summed E-state index contributed by atoms with van der Waals surface area (Å²) in [5.41, 5.74) is 3.30. The van der Waals surface area contributed by atoms with Gasteiger partial charge in [-0.15, -0.1) is 0 Å². The van der Waals surface area contributed by atoms with Crippen molar-refractivity contribution in [2.45, 2.75) is 13.8 Å². The number of hydrogen-bond donors (Lipinski definition) is 0. The molecule has 0 aliphatic heterocycles. The van der Waals surface area contributed by atoms with E-state index in [4.69, 9.17) is 4.74 Å². The zero-order valence-electron chi connectivity index (χ0n) is 11.2. The Kier molecular flexibility index (Phi) is 4.05. The quantitative estimate of drug-likeness (QED) is 0.788. The van der Waals surface area contributed by atoms with Gasteiger partial charge in [-0.2, -0.15) is 0 Å². The predicted molar refractivity (Wildman–Crippen MR) is 80.0 cm³/mol. The highest BCUT2D eigenvalue weighted by Crippen LogP contribution is 2.26. The second-order valence-corrected chi connectivity index (χ2v) is 5.30. The highest BCUT2D eigenvalue weighted by molar-refractivity contribution is 9.10. The minimum absolute atomic E-state index is 0.00875. The van der Waals surface area contributed by atoms with E-state index < -0.39 is 0 Å². The zero-order chi connectivity index (χ0) is 14.0. The summed E-state index contributed by atoms with van der Waals surface area (Å²) in [6.07, 6.45) is 0. The zero-order valence-corrected chi connectivity index (χ0v) is 12.7. The van der Waals surface area contributed by atoms with Crippen molar-refractivity contribution in [3.05, 3.63) is 63.1 Å². The fourth-order valence-corrected chi connectivity index (χ4v) is 2.46. The summed E-state index contributed by atoms with van der Waals surface area (Å²) in [4.78, 5) is 12.6. The van der Waals surface area contributed by atoms with Crippen LogP contribution in [-0.4, -0.2) is 12.9 Å². The normalized spacial score (nSPS) is 10.3. The van der Waals surface area contributed by atoms with Crippen molar-refractivity contribution >= 4 is 21.7 Å². The van der Waals surface area contributed by atoms with Gasteiger partial charge < -0.3 is 4.74 Å². The van der Waals surface area contributed by atoms with Gasteiger partial charge in [0.2, 0.25) is 0 Å². The Morgan fingerprint density at radius 3 is 2.42 bits per heavy atom. The average molecular weight is 319 g/mol. The van der Waals surface area contributed by atoms with Crippen LogP contribution in [0.1, 0.15) is 27.0 Å². The molecule has 0 heterocycles. The number of benzene rings is 2. The number of rotatable bonds is 3. The van der Waals surface area contributed by atoms with E-state index in [2.05, 4.69) is 15.9 Å². The molecule has 98 valence electrons. The standard InChI is InChI=1S/C16H15BrO2/c1-10-9-14(17)11(2)8-13(10)16(18)12-6-4-5-7-15(12)19-3/h4-9H,1-3H3. The maximum absolute atomic E-state index is 12.6. The third-order valence-corrected chi connectivity index (χ3v) is 3.96. The smallest absolute Gasteiger partial charge is 0.197 e. The third kappa shape index (κ3) is 2.71. The molecule has 0 aromatic heterocycles. The van der Waals surface area contributed by atoms with E-state index in [0.717, 1.165) is 15.6 Å². The lowest BCUT2D eigenvalue weighted by atomic mass is 9.97. The number of methoxy groups -OCH3 is 1. The second kappa shape index (κ2) is 5.57. The van der Waals surface area contributed by atoms with E-state index in [0.29, 0.717) is 16.9 Å². The van der Waals surface area contributed by atoms with Crippen LogP contribution >= 0.6 is 15.9 Å². The molecule has 0 atom stereocenters. The summed E-state index contributed by atoms with van der Waals surface area (Å²) in [5.74, 6) is 0.595. The molecule has 0 radical (unpaired) electrons. The van der Waals surface area contributed by atoms with Crippen LogP contribution in [0.5, 0.6) is 5.75 Å². The Balaban J connectivity index is 2.53. The van der Waals surface area contributed by atoms with Crippen LogP contribution < -0.4 is 4.74 Å². The highest BCUT2D eigenvalue weighted by atomic mass is 79.9. The molecular weight excluding hydrogens is 304 g/mol. The maximum atomic E-state index is 12.6. The van der Waals surface area contributed by atoms with Crippen molar-refractivity contribution < 1.29 is 9.53 Å². The molecule has 0 saturated heterocycles. The molecule has 2 nitrogen and oxygen atoms in total. The Bertz CT molecular complexity index is 633. The molecule has 19 heavy (non-hydrogen) atoms. The first-order valence-corrected chi connectivity index (χ1v) is 6.78. The van der Waals surface area contributed by atoms with Gasteiger partial charge >= 0.3 is 0 Å². The van der Waals surface area contributed by atoms with Gasteiger partial charge in [0.1, 0.15) is 5.75 Å². The first-order valence-electron chi connectivity index (χ1n) is 5.99. The predicted octanol–water partition coefficient (Wildman–Crippen LogP) is 4.31. The molecule has 0 saturated carbocycles. The van der Waals surface area contributed by atoms with Crippen LogP contribution in [0.4, 0.5) is 0 Å². The average Bonchev–Trinajstić information content (AvgIpc) is 2.42. The van der Waals surface area contributed by atoms with E-state index in [1.54, 1.807) is 19.2 Å². The molecule has 0 amide bonds. The number of aryl methyl sites for hydroxylation is 2. The van der Waals surface area contributed by atoms with Gasteiger partial charge in [0.25, 0.3) is 0 Å². The van der Waals surface area contributed by atoms with Crippen molar-refractivity contribution in [1.82, 2.24) is 0 Å². The van der Waals surface area contributed by atoms with Gasteiger partial charge in [0.05, 0.1) is 12.7 Å². The first kappa shape index (κ1) is 13.8. The molecule has 0 aliphatic rings. The Hall–Kier alpha value is -1.61. The molecule has 0 spiro atoms. The van der Waals surface area contributed by atoms with E-state index >= 15 is 0 Å². The second-order valence-electron chi connectivity index (χ2n) is 4.45. The van der Waals surface area contributed by atoms with Crippen LogP contribution in [-0.2, 0) is 0 Å². The molecule has 0 bridgehead atoms. The number of halogens is 1. The lowest BCUT2D eigenvalue weighted by molar-refractivity contribution is 0.103. The Labute approximate surface area is 121 Å². The summed E-state index contributed by atoms with van der Waals surface area (Å²) >= 11 is 3.48. The molecule has 2 aromatic carbocycles. The number of hydrogen-bond acceptors (Lipinski definition) is 2. The number of ether oxygens (including phenoxy) is 1. The minimum Gasteiger partial charge on any atom is -0.496 e. The topological polar surface area (TPSA) is 26.3 Å². The van der Waals surface area contributed by atoms with Crippen LogP contribution in [0.3, 0.4) is 0 Å². The number of para-hydroxylation sites is 1. The SMILES string of the molecule is COc1ccccc1C(=O)c1cc(C)c(Br)cc1C. The fourth-order valence-electron chi connectivity index (χ4n) is 2.00. The van der Waals surface area contributed by atoms with Gasteiger partial charge in [0.15, 0.2) is 5.78 Å². The first-order chi connectivity index (χ1) is 9.04. The number of carbonyl (C=O) groups excluding carboxylic acids is 1. The summed E-state index contributed by atoms with van der Waals surface area (Å²) in [6, 6.07) is 11.2. The highest BCUT2D eigenvalue weighted by Gasteiger charge is 2.16. The minimum atomic E-state index is -0.00875. The molecule has 0 unspecified atom stereocenters. The van der Waals surface area contributed by atoms with Crippen LogP contribution in [0.25, 0.3) is 0 Å². The monoisotopic (exact) mass is 318 g/mol. The summed E-state index contributed by atoms with van der Waals surface area (Å²) < 4.78 is 6.27. The maximum Gasteiger partial charge on any atom is 0.197 e. The van der Waals surface area contributed by atoms with Crippen LogP contribution in [0.15, 0.2) is 40.9 Å². The van der Waals surface area contributed by atoms with E-state index in [1.165, 1.54) is 0 Å². The van der Waals surface area contributed by atoms with E-state index in [-0.39, 0.29) is 5.78 Å². The summed E-state index contributed by atoms with van der Waals surface area (Å²) in [7, 11) is 1.58. The molecule has 3 heteroatoms. The van der Waals surface area contributed by atoms with E-state index in [9.17, 15) is 4.79 Å². The third-order valence-electron chi connectivity index (χ3n) is 3.10. The van der Waals surface area contributed by atoms with Crippen molar-refractivity contribution in [2.75, 3.05) is 7.11 Å². The molecule has 2 rings (SSSR count). The Morgan fingerprint density at radius 1 is 1.05 bits per heavy atom. The molecular formula is C16H15BrO2. The molecule has 0 N–H and O–H groups in total. The lowest BCUT2D eigenvalue weighted by Crippen LogP contribution is -2.06. The van der Waals surface area contributed by atoms with Gasteiger partial charge in [-0.1, -0.05) is 28.1 Å². The van der Waals surface area contributed by atoms with Gasteiger partial charge in [-0.25, -0.2) is 0 Å². The fraction of sp³-hybridized carbons (Fsp3) is 0.188. The molecule has 2 aromatic rings. The largest absolute Gasteiger partial charge is 0.496 e. The van der Waals surface area contributed by atoms with Crippen molar-refractivity contribution in [3.8, 4) is 5.75 Å². The van der Waals surface area contributed by atoms with Crippen molar-refractivity contribution in [2.24, 2.45) is 0 Å². The van der Waals surface area contributed by atoms with Crippen LogP contribution in [0.2, 0.25) is 0 Å².